The molecule has 0 spiro atoms. The Morgan fingerprint density at radius 1 is 1.52 bits per heavy atom. The van der Waals surface area contributed by atoms with Gasteiger partial charge in [0.2, 0.25) is 0 Å². The summed E-state index contributed by atoms with van der Waals surface area (Å²) in [6.07, 6.45) is 0.835. The molecule has 0 aliphatic carbocycles. The van der Waals surface area contributed by atoms with Crippen LogP contribution in [0, 0.1) is 11.7 Å². The van der Waals surface area contributed by atoms with Crippen LogP contribution in [-0.4, -0.2) is 37.3 Å². The normalized spacial score (nSPS) is 32.4. The third kappa shape index (κ3) is 2.67. The van der Waals surface area contributed by atoms with Crippen molar-refractivity contribution < 1.29 is 13.9 Å². The largest absolute Gasteiger partial charge is 0.382 e. The molecular weight excluding hydrogens is 291 g/mol. The van der Waals surface area contributed by atoms with Crippen molar-refractivity contribution in [3.05, 3.63) is 35.6 Å². The number of ether oxygens (including phenoxy) is 2. The first kappa shape index (κ1) is 14.8. The standard InChI is InChI=1S/C15H19FN2O2S/c1-19-7-11-6-10-8-21-14(17)18-15(10,9-20-11)12-4-2-3-5-13(12)16/h2-5,10-11H,6-9H2,1H3,(H2,17,18)/t10?,11-,15?/m1/s1. The maximum Gasteiger partial charge on any atom is 0.154 e. The van der Waals surface area contributed by atoms with Crippen LogP contribution in [0.3, 0.4) is 0 Å². The van der Waals surface area contributed by atoms with Crippen molar-refractivity contribution in [2.24, 2.45) is 16.6 Å². The van der Waals surface area contributed by atoms with Crippen LogP contribution in [0.15, 0.2) is 29.3 Å². The summed E-state index contributed by atoms with van der Waals surface area (Å²) in [5.41, 5.74) is 5.79. The lowest BCUT2D eigenvalue weighted by Gasteiger charge is -2.46. The van der Waals surface area contributed by atoms with E-state index in [1.54, 1.807) is 19.2 Å². The minimum Gasteiger partial charge on any atom is -0.382 e. The average molecular weight is 310 g/mol. The SMILES string of the molecule is COC[C@H]1CC2CSC(N)=NC2(c2ccccc2F)CO1. The molecule has 2 N–H and O–H groups in total. The smallest absolute Gasteiger partial charge is 0.154 e. The van der Waals surface area contributed by atoms with Gasteiger partial charge in [0, 0.05) is 24.3 Å². The molecule has 3 atom stereocenters. The van der Waals surface area contributed by atoms with Crippen molar-refractivity contribution in [3.8, 4) is 0 Å². The van der Waals surface area contributed by atoms with Gasteiger partial charge in [-0.15, -0.1) is 0 Å². The lowest BCUT2D eigenvalue weighted by atomic mass is 9.75. The number of amidine groups is 1. The van der Waals surface area contributed by atoms with Gasteiger partial charge in [-0.3, -0.25) is 0 Å². The Morgan fingerprint density at radius 3 is 3.10 bits per heavy atom. The summed E-state index contributed by atoms with van der Waals surface area (Å²) in [5, 5.41) is 0.503. The van der Waals surface area contributed by atoms with E-state index in [2.05, 4.69) is 4.99 Å². The molecule has 2 aliphatic rings. The van der Waals surface area contributed by atoms with Crippen LogP contribution < -0.4 is 5.73 Å². The van der Waals surface area contributed by atoms with E-state index in [4.69, 9.17) is 15.2 Å². The molecule has 4 nitrogen and oxygen atoms in total. The first-order valence-corrected chi connectivity index (χ1v) is 7.98. The molecule has 0 saturated carbocycles. The predicted octanol–water partition coefficient (Wildman–Crippen LogP) is 2.13. The summed E-state index contributed by atoms with van der Waals surface area (Å²) in [7, 11) is 1.66. The Hall–Kier alpha value is -1.11. The molecule has 2 heterocycles. The molecule has 0 amide bonds. The van der Waals surface area contributed by atoms with E-state index in [0.29, 0.717) is 23.9 Å². The lowest BCUT2D eigenvalue weighted by molar-refractivity contribution is -0.0836. The summed E-state index contributed by atoms with van der Waals surface area (Å²) >= 11 is 1.53. The van der Waals surface area contributed by atoms with Crippen LogP contribution in [0.2, 0.25) is 0 Å². The Bertz CT molecular complexity index is 554. The highest BCUT2D eigenvalue weighted by molar-refractivity contribution is 8.13. The van der Waals surface area contributed by atoms with E-state index in [9.17, 15) is 4.39 Å². The fourth-order valence-corrected chi connectivity index (χ4v) is 4.17. The maximum absolute atomic E-state index is 14.3. The molecule has 21 heavy (non-hydrogen) atoms. The molecule has 3 rings (SSSR count). The number of aliphatic imine (C=N–C) groups is 1. The second-order valence-corrected chi connectivity index (χ2v) is 6.53. The topological polar surface area (TPSA) is 56.8 Å². The van der Waals surface area contributed by atoms with Gasteiger partial charge in [0.05, 0.1) is 19.3 Å². The highest BCUT2D eigenvalue weighted by Crippen LogP contribution is 2.46. The minimum atomic E-state index is -0.703. The quantitative estimate of drug-likeness (QED) is 0.929. The number of thioether (sulfide) groups is 1. The third-order valence-corrected chi connectivity index (χ3v) is 5.15. The summed E-state index contributed by atoms with van der Waals surface area (Å²) in [6.45, 7) is 0.890. The molecule has 1 aromatic carbocycles. The molecule has 6 heteroatoms. The number of hydrogen-bond donors (Lipinski definition) is 1. The van der Waals surface area contributed by atoms with Crippen molar-refractivity contribution >= 4 is 16.9 Å². The number of halogens is 1. The zero-order valence-corrected chi connectivity index (χ0v) is 12.7. The fourth-order valence-electron chi connectivity index (χ4n) is 3.16. The average Bonchev–Trinajstić information content (AvgIpc) is 2.48. The van der Waals surface area contributed by atoms with Gasteiger partial charge in [0.25, 0.3) is 0 Å². The molecule has 114 valence electrons. The number of nitrogens with zero attached hydrogens (tertiary/aromatic N) is 1. The van der Waals surface area contributed by atoms with Crippen LogP contribution >= 0.6 is 11.8 Å². The first-order chi connectivity index (χ1) is 10.2. The number of fused-ring (bicyclic) bond motifs is 1. The summed E-state index contributed by atoms with van der Waals surface area (Å²) in [6, 6.07) is 6.77. The van der Waals surface area contributed by atoms with Gasteiger partial charge in [-0.25, -0.2) is 9.38 Å². The van der Waals surface area contributed by atoms with Gasteiger partial charge < -0.3 is 15.2 Å². The number of nitrogens with two attached hydrogens (primary N) is 1. The number of rotatable bonds is 3. The Labute approximate surface area is 127 Å². The first-order valence-electron chi connectivity index (χ1n) is 6.99. The van der Waals surface area contributed by atoms with Gasteiger partial charge in [0.1, 0.15) is 11.4 Å². The molecular formula is C15H19FN2O2S. The zero-order valence-electron chi connectivity index (χ0n) is 11.9. The molecule has 0 radical (unpaired) electrons. The van der Waals surface area contributed by atoms with Gasteiger partial charge in [-0.1, -0.05) is 30.0 Å². The number of benzene rings is 1. The molecule has 1 fully saturated rings. The van der Waals surface area contributed by atoms with Crippen LogP contribution in [0.1, 0.15) is 12.0 Å². The summed E-state index contributed by atoms with van der Waals surface area (Å²) in [5.74, 6) is 0.771. The van der Waals surface area contributed by atoms with E-state index in [1.165, 1.54) is 17.8 Å². The molecule has 0 bridgehead atoms. The highest BCUT2D eigenvalue weighted by Gasteiger charge is 2.49. The second kappa shape index (κ2) is 5.94. The Balaban J connectivity index is 1.99. The molecule has 2 aliphatic heterocycles. The van der Waals surface area contributed by atoms with Crippen LogP contribution in [0.25, 0.3) is 0 Å². The van der Waals surface area contributed by atoms with Crippen molar-refractivity contribution in [3.63, 3.8) is 0 Å². The summed E-state index contributed by atoms with van der Waals surface area (Å²) in [4.78, 5) is 4.61. The van der Waals surface area contributed by atoms with Gasteiger partial charge in [-0.05, 0) is 12.5 Å². The Kier molecular flexibility index (Phi) is 4.19. The van der Waals surface area contributed by atoms with Crippen LogP contribution in [0.4, 0.5) is 4.39 Å². The lowest BCUT2D eigenvalue weighted by Crippen LogP contribution is -2.51. The van der Waals surface area contributed by atoms with Crippen molar-refractivity contribution in [2.75, 3.05) is 26.1 Å². The highest BCUT2D eigenvalue weighted by atomic mass is 32.2. The second-order valence-electron chi connectivity index (χ2n) is 5.49. The van der Waals surface area contributed by atoms with Crippen molar-refractivity contribution in [2.45, 2.75) is 18.1 Å². The van der Waals surface area contributed by atoms with E-state index >= 15 is 0 Å². The van der Waals surface area contributed by atoms with Crippen molar-refractivity contribution in [1.29, 1.82) is 0 Å². The van der Waals surface area contributed by atoms with Gasteiger partial charge in [-0.2, -0.15) is 0 Å². The van der Waals surface area contributed by atoms with Gasteiger partial charge in [0.15, 0.2) is 5.17 Å². The molecule has 0 aromatic heterocycles. The van der Waals surface area contributed by atoms with Gasteiger partial charge >= 0.3 is 0 Å². The molecule has 2 unspecified atom stereocenters. The maximum atomic E-state index is 14.3. The minimum absolute atomic E-state index is 0.0371. The van der Waals surface area contributed by atoms with E-state index in [0.717, 1.165) is 12.2 Å². The van der Waals surface area contributed by atoms with Crippen molar-refractivity contribution in [1.82, 2.24) is 0 Å². The molecule has 1 saturated heterocycles. The van der Waals surface area contributed by atoms with Crippen LogP contribution in [-0.2, 0) is 15.0 Å². The number of hydrogen-bond acceptors (Lipinski definition) is 5. The number of methoxy groups -OCH3 is 1. The van der Waals surface area contributed by atoms with E-state index in [1.807, 2.05) is 6.07 Å². The fraction of sp³-hybridized carbons (Fsp3) is 0.533. The predicted molar refractivity (Wildman–Crippen MR) is 81.9 cm³/mol. The summed E-state index contributed by atoms with van der Waals surface area (Å²) < 4.78 is 25.4. The zero-order chi connectivity index (χ0) is 14.9. The third-order valence-electron chi connectivity index (χ3n) is 4.20. The Morgan fingerprint density at radius 2 is 2.33 bits per heavy atom. The molecule has 1 aromatic rings. The van der Waals surface area contributed by atoms with E-state index < -0.39 is 5.54 Å². The monoisotopic (exact) mass is 310 g/mol. The van der Waals surface area contributed by atoms with E-state index in [-0.39, 0.29) is 17.8 Å². The van der Waals surface area contributed by atoms with Crippen LogP contribution in [0.5, 0.6) is 0 Å².